The fourth-order valence-electron chi connectivity index (χ4n) is 3.97. The Hall–Kier alpha value is -1.55. The third-order valence-electron chi connectivity index (χ3n) is 5.65. The van der Waals surface area contributed by atoms with Gasteiger partial charge in [0.1, 0.15) is 5.75 Å². The third-order valence-corrected chi connectivity index (χ3v) is 5.65. The SMILES string of the molecule is CN(CCC1CCCCN1C)C(=O)CC1CCOc2ccccc21. The Kier molecular flexibility index (Phi) is 5.77. The van der Waals surface area contributed by atoms with Gasteiger partial charge in [-0.2, -0.15) is 0 Å². The number of fused-ring (bicyclic) bond motifs is 1. The highest BCUT2D eigenvalue weighted by atomic mass is 16.5. The van der Waals surface area contributed by atoms with Crippen molar-refractivity contribution in [3.05, 3.63) is 29.8 Å². The molecular formula is C20H30N2O2. The summed E-state index contributed by atoms with van der Waals surface area (Å²) in [6.45, 7) is 2.77. The molecule has 0 spiro atoms. The molecule has 1 amide bonds. The lowest BCUT2D eigenvalue weighted by Crippen LogP contribution is -2.39. The summed E-state index contributed by atoms with van der Waals surface area (Å²) in [5.41, 5.74) is 1.19. The lowest BCUT2D eigenvalue weighted by Gasteiger charge is -2.34. The zero-order valence-electron chi connectivity index (χ0n) is 15.0. The van der Waals surface area contributed by atoms with Crippen molar-refractivity contribution in [2.24, 2.45) is 0 Å². The number of hydrogen-bond acceptors (Lipinski definition) is 3. The minimum atomic E-state index is 0.259. The molecule has 1 saturated heterocycles. The fourth-order valence-corrected chi connectivity index (χ4v) is 3.97. The maximum absolute atomic E-state index is 12.6. The van der Waals surface area contributed by atoms with E-state index < -0.39 is 0 Å². The van der Waals surface area contributed by atoms with Gasteiger partial charge in [-0.25, -0.2) is 0 Å². The number of carbonyl (C=O) groups is 1. The Balaban J connectivity index is 1.51. The number of amides is 1. The molecule has 4 nitrogen and oxygen atoms in total. The van der Waals surface area contributed by atoms with Crippen LogP contribution in [0.2, 0.25) is 0 Å². The molecule has 0 aromatic heterocycles. The van der Waals surface area contributed by atoms with Crippen LogP contribution in [0.25, 0.3) is 0 Å². The minimum absolute atomic E-state index is 0.259. The van der Waals surface area contributed by atoms with Crippen molar-refractivity contribution in [2.75, 3.05) is 33.8 Å². The number of hydrogen-bond donors (Lipinski definition) is 0. The van der Waals surface area contributed by atoms with Crippen molar-refractivity contribution < 1.29 is 9.53 Å². The molecule has 3 rings (SSSR count). The van der Waals surface area contributed by atoms with E-state index >= 15 is 0 Å². The van der Waals surface area contributed by atoms with Crippen LogP contribution in [0.4, 0.5) is 0 Å². The standard InChI is InChI=1S/C20H30N2O2/c1-21-12-6-5-7-17(21)10-13-22(2)20(23)15-16-11-14-24-19-9-4-3-8-18(16)19/h3-4,8-9,16-17H,5-7,10-15H2,1-2H3. The van der Waals surface area contributed by atoms with Crippen LogP contribution in [-0.4, -0.2) is 55.5 Å². The predicted molar refractivity (Wildman–Crippen MR) is 96.4 cm³/mol. The minimum Gasteiger partial charge on any atom is -0.493 e. The molecule has 0 bridgehead atoms. The lowest BCUT2D eigenvalue weighted by atomic mass is 9.90. The first kappa shape index (κ1) is 17.3. The molecule has 0 saturated carbocycles. The van der Waals surface area contributed by atoms with Crippen LogP contribution >= 0.6 is 0 Å². The van der Waals surface area contributed by atoms with E-state index in [1.807, 2.05) is 30.1 Å². The molecule has 1 aromatic rings. The van der Waals surface area contributed by atoms with Gasteiger partial charge < -0.3 is 14.5 Å². The van der Waals surface area contributed by atoms with E-state index in [1.165, 1.54) is 31.4 Å². The first-order valence-electron chi connectivity index (χ1n) is 9.31. The molecule has 2 heterocycles. The van der Waals surface area contributed by atoms with Crippen LogP contribution in [-0.2, 0) is 4.79 Å². The van der Waals surface area contributed by atoms with Gasteiger partial charge in [0.15, 0.2) is 0 Å². The third kappa shape index (κ3) is 4.10. The Bertz CT molecular complexity index is 560. The summed E-state index contributed by atoms with van der Waals surface area (Å²) in [5, 5.41) is 0. The van der Waals surface area contributed by atoms with E-state index in [4.69, 9.17) is 4.74 Å². The van der Waals surface area contributed by atoms with Crippen LogP contribution in [0.1, 0.15) is 50.0 Å². The summed E-state index contributed by atoms with van der Waals surface area (Å²) in [5.74, 6) is 1.51. The number of likely N-dealkylation sites (tertiary alicyclic amines) is 1. The van der Waals surface area contributed by atoms with Gasteiger partial charge in [0.2, 0.25) is 5.91 Å². The summed E-state index contributed by atoms with van der Waals surface area (Å²) < 4.78 is 5.70. The fraction of sp³-hybridized carbons (Fsp3) is 0.650. The van der Waals surface area contributed by atoms with E-state index in [0.717, 1.165) is 25.1 Å². The number of nitrogens with zero attached hydrogens (tertiary/aromatic N) is 2. The van der Waals surface area contributed by atoms with Crippen LogP contribution in [0.5, 0.6) is 5.75 Å². The Morgan fingerprint density at radius 2 is 2.12 bits per heavy atom. The first-order chi connectivity index (χ1) is 11.6. The van der Waals surface area contributed by atoms with Crippen molar-refractivity contribution >= 4 is 5.91 Å². The van der Waals surface area contributed by atoms with E-state index in [0.29, 0.717) is 25.0 Å². The van der Waals surface area contributed by atoms with E-state index in [2.05, 4.69) is 18.0 Å². The molecule has 2 aliphatic rings. The highest BCUT2D eigenvalue weighted by Gasteiger charge is 2.25. The summed E-state index contributed by atoms with van der Waals surface area (Å²) in [4.78, 5) is 17.0. The largest absolute Gasteiger partial charge is 0.493 e. The molecule has 1 fully saturated rings. The molecule has 2 aliphatic heterocycles. The molecule has 132 valence electrons. The number of para-hydroxylation sites is 1. The maximum atomic E-state index is 12.6. The van der Waals surface area contributed by atoms with Gasteiger partial charge in [-0.15, -0.1) is 0 Å². The molecule has 4 heteroatoms. The van der Waals surface area contributed by atoms with Gasteiger partial charge in [-0.1, -0.05) is 24.6 Å². The van der Waals surface area contributed by atoms with Crippen LogP contribution in [0, 0.1) is 0 Å². The Morgan fingerprint density at radius 3 is 2.96 bits per heavy atom. The highest BCUT2D eigenvalue weighted by molar-refractivity contribution is 5.77. The number of carbonyl (C=O) groups excluding carboxylic acids is 1. The molecule has 2 unspecified atom stereocenters. The summed E-state index contributed by atoms with van der Waals surface area (Å²) in [7, 11) is 4.17. The van der Waals surface area contributed by atoms with Gasteiger partial charge in [0.05, 0.1) is 6.61 Å². The van der Waals surface area contributed by atoms with E-state index in [1.54, 1.807) is 0 Å². The Labute approximate surface area is 145 Å². The zero-order valence-corrected chi connectivity index (χ0v) is 15.0. The van der Waals surface area contributed by atoms with Gasteiger partial charge in [-0.05, 0) is 56.8 Å². The number of benzene rings is 1. The maximum Gasteiger partial charge on any atom is 0.222 e. The normalized spacial score (nSPS) is 24.1. The first-order valence-corrected chi connectivity index (χ1v) is 9.31. The monoisotopic (exact) mass is 330 g/mol. The van der Waals surface area contributed by atoms with E-state index in [9.17, 15) is 4.79 Å². The number of ether oxygens (including phenoxy) is 1. The lowest BCUT2D eigenvalue weighted by molar-refractivity contribution is -0.130. The topological polar surface area (TPSA) is 32.8 Å². The summed E-state index contributed by atoms with van der Waals surface area (Å²) in [6, 6.07) is 8.78. The van der Waals surface area contributed by atoms with Crippen LogP contribution in [0.3, 0.4) is 0 Å². The summed E-state index contributed by atoms with van der Waals surface area (Å²) >= 11 is 0. The Morgan fingerprint density at radius 1 is 1.29 bits per heavy atom. The highest BCUT2D eigenvalue weighted by Crippen LogP contribution is 2.35. The van der Waals surface area contributed by atoms with Crippen molar-refractivity contribution in [1.82, 2.24) is 9.80 Å². The van der Waals surface area contributed by atoms with Crippen molar-refractivity contribution in [3.63, 3.8) is 0 Å². The second-order valence-electron chi connectivity index (χ2n) is 7.31. The summed E-state index contributed by atoms with van der Waals surface area (Å²) in [6.07, 6.45) is 6.52. The van der Waals surface area contributed by atoms with Crippen molar-refractivity contribution in [2.45, 2.75) is 50.5 Å². The van der Waals surface area contributed by atoms with Crippen LogP contribution < -0.4 is 4.74 Å². The quantitative estimate of drug-likeness (QED) is 0.830. The van der Waals surface area contributed by atoms with E-state index in [-0.39, 0.29) is 5.91 Å². The van der Waals surface area contributed by atoms with Gasteiger partial charge in [0.25, 0.3) is 0 Å². The zero-order chi connectivity index (χ0) is 16.9. The number of piperidine rings is 1. The second-order valence-corrected chi connectivity index (χ2v) is 7.31. The van der Waals surface area contributed by atoms with Crippen LogP contribution in [0.15, 0.2) is 24.3 Å². The molecule has 1 aromatic carbocycles. The molecule has 24 heavy (non-hydrogen) atoms. The average Bonchev–Trinajstić information content (AvgIpc) is 2.61. The molecule has 0 radical (unpaired) electrons. The molecular weight excluding hydrogens is 300 g/mol. The molecule has 0 N–H and O–H groups in total. The average molecular weight is 330 g/mol. The molecule has 0 aliphatic carbocycles. The smallest absolute Gasteiger partial charge is 0.222 e. The van der Waals surface area contributed by atoms with Gasteiger partial charge in [0, 0.05) is 26.1 Å². The van der Waals surface area contributed by atoms with Crippen molar-refractivity contribution in [3.8, 4) is 5.75 Å². The predicted octanol–water partition coefficient (Wildman–Crippen LogP) is 3.28. The van der Waals surface area contributed by atoms with Crippen molar-refractivity contribution in [1.29, 1.82) is 0 Å². The number of rotatable bonds is 5. The van der Waals surface area contributed by atoms with Gasteiger partial charge >= 0.3 is 0 Å². The molecule has 2 atom stereocenters. The van der Waals surface area contributed by atoms with Gasteiger partial charge in [-0.3, -0.25) is 4.79 Å². The second kappa shape index (κ2) is 8.02.